The predicted octanol–water partition coefficient (Wildman–Crippen LogP) is 6.67. The molecule has 3 aliphatic carbocycles. The standard InChI is InChI=1S/C28H33.C3H6.Zr/c1-8-28(27(5,6)7)18-21-15-20-16-22(26(2,3)4)13-14-23(20)24(21)17-25(28)19-11-9-10-12-19;1-3-2;/h9-11,13-17H,8,12H2,1-7H3;1-2H3;/q-1;;. The van der Waals surface area contributed by atoms with Gasteiger partial charge in [0, 0.05) is 0 Å². The first-order valence-electron chi connectivity index (χ1n) is 11.9. The molecule has 0 saturated carbocycles. The molecule has 0 aliphatic heterocycles. The van der Waals surface area contributed by atoms with Crippen molar-refractivity contribution < 1.29 is 24.2 Å². The number of benzene rings is 1. The first-order chi connectivity index (χ1) is 14.8. The number of allylic oxidation sites excluding steroid dienone is 8. The quantitative estimate of drug-likeness (QED) is 0.396. The van der Waals surface area contributed by atoms with E-state index < -0.39 is 0 Å². The van der Waals surface area contributed by atoms with E-state index in [1.165, 1.54) is 41.5 Å². The zero-order chi connectivity index (χ0) is 23.9. The van der Waals surface area contributed by atoms with Crippen molar-refractivity contribution in [2.75, 3.05) is 0 Å². The average molecular weight is 503 g/mol. The number of hydrogen-bond donors (Lipinski definition) is 0. The van der Waals surface area contributed by atoms with E-state index in [0.717, 1.165) is 12.8 Å². The van der Waals surface area contributed by atoms with Gasteiger partial charge in [0.05, 0.1) is 0 Å². The fourth-order valence-corrected chi connectivity index (χ4v) is 5.01. The summed E-state index contributed by atoms with van der Waals surface area (Å²) in [5, 5.41) is 2.71. The third-order valence-corrected chi connectivity index (χ3v) is 6.82. The topological polar surface area (TPSA) is 0 Å². The Labute approximate surface area is 210 Å². The summed E-state index contributed by atoms with van der Waals surface area (Å²) in [7, 11) is 0. The molecule has 0 amide bonds. The molecule has 32 heavy (non-hydrogen) atoms. The molecule has 0 fully saturated rings. The molecule has 1 heteroatoms. The molecule has 0 bridgehead atoms. The van der Waals surface area contributed by atoms with Gasteiger partial charge in [0.15, 0.2) is 0 Å². The van der Waals surface area contributed by atoms with E-state index in [1.54, 1.807) is 24.2 Å². The molecule has 1 aromatic carbocycles. The molecule has 0 aromatic heterocycles. The molecule has 1 atom stereocenters. The van der Waals surface area contributed by atoms with Crippen LogP contribution in [0.2, 0.25) is 0 Å². The van der Waals surface area contributed by atoms with Crippen molar-refractivity contribution in [2.24, 2.45) is 10.8 Å². The van der Waals surface area contributed by atoms with Crippen LogP contribution < -0.4 is 10.4 Å². The Bertz CT molecular complexity index is 1160. The molecule has 0 heterocycles. The van der Waals surface area contributed by atoms with E-state index in [-0.39, 0.29) is 16.2 Å². The first-order valence-corrected chi connectivity index (χ1v) is 13.1. The fourth-order valence-electron chi connectivity index (χ4n) is 5.01. The molecule has 0 N–H and O–H groups in total. The Morgan fingerprint density at radius 3 is 2.22 bits per heavy atom. The van der Waals surface area contributed by atoms with Crippen LogP contribution >= 0.6 is 0 Å². The van der Waals surface area contributed by atoms with E-state index in [2.05, 4.69) is 117 Å². The van der Waals surface area contributed by atoms with Crippen LogP contribution in [0.3, 0.4) is 0 Å². The van der Waals surface area contributed by atoms with Crippen molar-refractivity contribution in [1.82, 2.24) is 0 Å². The summed E-state index contributed by atoms with van der Waals surface area (Å²) < 4.78 is 1.51. The SMILES string of the molecule is CCC1(C(C)(C)C)[C-]=C2C=c3cc(C(C)(C)C)ccc3=C2C=C1C1=CC=CC1.C[C](C)=[Zr]. The third kappa shape index (κ3) is 4.79. The van der Waals surface area contributed by atoms with Gasteiger partial charge >= 0.3 is 41.3 Å². The van der Waals surface area contributed by atoms with Crippen LogP contribution in [0.4, 0.5) is 0 Å². The summed E-state index contributed by atoms with van der Waals surface area (Å²) in [6.45, 7) is 20.5. The summed E-state index contributed by atoms with van der Waals surface area (Å²) in [5.74, 6) is 0. The van der Waals surface area contributed by atoms with E-state index in [4.69, 9.17) is 0 Å². The Morgan fingerprint density at radius 2 is 1.72 bits per heavy atom. The van der Waals surface area contributed by atoms with Gasteiger partial charge in [-0.3, -0.25) is 0 Å². The number of rotatable bonds is 2. The van der Waals surface area contributed by atoms with Crippen molar-refractivity contribution in [3.05, 3.63) is 81.3 Å². The second-order valence-corrected chi connectivity index (χ2v) is 14.0. The van der Waals surface area contributed by atoms with Gasteiger partial charge in [0.1, 0.15) is 0 Å². The second-order valence-electron chi connectivity index (χ2n) is 11.5. The first kappa shape index (κ1) is 25.3. The fraction of sp³-hybridized carbons (Fsp3) is 0.452. The van der Waals surface area contributed by atoms with Crippen LogP contribution in [-0.2, 0) is 29.7 Å². The van der Waals surface area contributed by atoms with Crippen LogP contribution in [0.25, 0.3) is 11.6 Å². The minimum atomic E-state index is -0.0604. The minimum absolute atomic E-state index is 0.0604. The average Bonchev–Trinajstić information content (AvgIpc) is 3.31. The Hall–Kier alpha value is -1.33. The van der Waals surface area contributed by atoms with E-state index in [1.807, 2.05) is 0 Å². The maximum atomic E-state index is 4.04. The molecule has 0 radical (unpaired) electrons. The number of fused-ring (bicyclic) bond motifs is 2. The van der Waals surface area contributed by atoms with Gasteiger partial charge in [0.2, 0.25) is 0 Å². The number of hydrogen-bond acceptors (Lipinski definition) is 0. The monoisotopic (exact) mass is 501 g/mol. The second kappa shape index (κ2) is 9.14. The molecule has 4 rings (SSSR count). The van der Waals surface area contributed by atoms with Gasteiger partial charge < -0.3 is 0 Å². The van der Waals surface area contributed by atoms with E-state index in [9.17, 15) is 0 Å². The predicted molar refractivity (Wildman–Crippen MR) is 137 cm³/mol. The van der Waals surface area contributed by atoms with Crippen molar-refractivity contribution >= 4 is 14.9 Å². The van der Waals surface area contributed by atoms with Crippen LogP contribution in [0.15, 0.2) is 59.2 Å². The van der Waals surface area contributed by atoms with Crippen molar-refractivity contribution in [1.29, 1.82) is 0 Å². The molecule has 0 spiro atoms. The van der Waals surface area contributed by atoms with Crippen molar-refractivity contribution in [3.63, 3.8) is 0 Å². The van der Waals surface area contributed by atoms with Gasteiger partial charge in [-0.2, -0.15) is 17.7 Å². The Balaban J connectivity index is 0.000000668. The Kier molecular flexibility index (Phi) is 7.22. The van der Waals surface area contributed by atoms with Gasteiger partial charge in [-0.1, -0.05) is 107 Å². The van der Waals surface area contributed by atoms with E-state index >= 15 is 0 Å². The van der Waals surface area contributed by atoms with Gasteiger partial charge in [-0.05, 0) is 33.8 Å². The normalized spacial score (nSPS) is 21.5. The Morgan fingerprint density at radius 1 is 1.06 bits per heavy atom. The van der Waals surface area contributed by atoms with Crippen molar-refractivity contribution in [3.8, 4) is 0 Å². The van der Waals surface area contributed by atoms with E-state index in [0.29, 0.717) is 0 Å². The zero-order valence-corrected chi connectivity index (χ0v) is 24.0. The molecular weight excluding hydrogens is 464 g/mol. The summed E-state index contributed by atoms with van der Waals surface area (Å²) in [6, 6.07) is 7.00. The van der Waals surface area contributed by atoms with Crippen LogP contribution in [-0.4, -0.2) is 3.21 Å². The van der Waals surface area contributed by atoms with Gasteiger partial charge in [-0.25, -0.2) is 0 Å². The summed E-state index contributed by atoms with van der Waals surface area (Å²) in [6.07, 6.45) is 17.8. The molecule has 1 unspecified atom stereocenters. The molecule has 3 aliphatic rings. The molecule has 1 aromatic rings. The van der Waals surface area contributed by atoms with Gasteiger partial charge in [-0.15, -0.1) is 11.6 Å². The molecule has 0 nitrogen and oxygen atoms in total. The summed E-state index contributed by atoms with van der Waals surface area (Å²) >= 11 is 1.55. The molecule has 0 saturated heterocycles. The zero-order valence-electron chi connectivity index (χ0n) is 21.5. The van der Waals surface area contributed by atoms with Gasteiger partial charge in [0.25, 0.3) is 0 Å². The third-order valence-electron chi connectivity index (χ3n) is 6.82. The van der Waals surface area contributed by atoms with Crippen LogP contribution in [0.5, 0.6) is 0 Å². The van der Waals surface area contributed by atoms with Crippen molar-refractivity contribution in [2.45, 2.75) is 80.6 Å². The summed E-state index contributed by atoms with van der Waals surface area (Å²) in [5.41, 5.74) is 7.16. The summed E-state index contributed by atoms with van der Waals surface area (Å²) in [4.78, 5) is 0. The maximum absolute atomic E-state index is 4.04. The molecule has 168 valence electrons. The van der Waals surface area contributed by atoms with Crippen LogP contribution in [0, 0.1) is 16.9 Å². The van der Waals surface area contributed by atoms with Crippen LogP contribution in [0.1, 0.15) is 80.7 Å². The molecular formula is C31H39Zr-.